The predicted molar refractivity (Wildman–Crippen MR) is 36.1 cm³/mol. The topological polar surface area (TPSA) is 43.4 Å². The number of ether oxygens (including phenoxy) is 1. The molecular formula is C7H8O3. The maximum atomic E-state index is 10.1. The van der Waals surface area contributed by atoms with Crippen molar-refractivity contribution in [3.63, 3.8) is 0 Å². The number of hydrogen-bond acceptors (Lipinski definition) is 3. The van der Waals surface area contributed by atoms with Crippen LogP contribution in [0.5, 0.6) is 0 Å². The highest BCUT2D eigenvalue weighted by atomic mass is 16.5. The first-order valence-electron chi connectivity index (χ1n) is 2.71. The van der Waals surface area contributed by atoms with Gasteiger partial charge in [-0.15, -0.1) is 0 Å². The van der Waals surface area contributed by atoms with Gasteiger partial charge in [0.25, 0.3) is 0 Å². The minimum Gasteiger partial charge on any atom is -0.435 e. The molecule has 0 aliphatic heterocycles. The third kappa shape index (κ3) is 6.62. The molecule has 0 rings (SSSR count). The molecule has 0 radical (unpaired) electrons. The smallest absolute Gasteiger partial charge is 0.307 e. The van der Waals surface area contributed by atoms with Gasteiger partial charge in [-0.05, 0) is 12.2 Å². The van der Waals surface area contributed by atoms with E-state index in [0.29, 0.717) is 6.29 Å². The molecule has 0 aromatic rings. The van der Waals surface area contributed by atoms with Gasteiger partial charge in [0.2, 0.25) is 0 Å². The molecule has 0 aromatic heterocycles. The lowest BCUT2D eigenvalue weighted by Crippen LogP contribution is -1.88. The minimum absolute atomic E-state index is 0.379. The SMILES string of the molecule is CC(=O)OC=CC=CC=O. The molecule has 54 valence electrons. The first-order valence-corrected chi connectivity index (χ1v) is 2.71. The lowest BCUT2D eigenvalue weighted by Gasteiger charge is -1.86. The van der Waals surface area contributed by atoms with Gasteiger partial charge in [-0.3, -0.25) is 9.59 Å². The highest BCUT2D eigenvalue weighted by molar-refractivity contribution is 5.67. The van der Waals surface area contributed by atoms with Crippen molar-refractivity contribution >= 4 is 12.3 Å². The molecule has 0 N–H and O–H groups in total. The van der Waals surface area contributed by atoms with Crippen LogP contribution in [0, 0.1) is 0 Å². The van der Waals surface area contributed by atoms with Crippen LogP contribution in [0.1, 0.15) is 6.92 Å². The van der Waals surface area contributed by atoms with E-state index in [4.69, 9.17) is 0 Å². The van der Waals surface area contributed by atoms with Crippen molar-refractivity contribution < 1.29 is 14.3 Å². The van der Waals surface area contributed by atoms with E-state index in [2.05, 4.69) is 4.74 Å². The van der Waals surface area contributed by atoms with Gasteiger partial charge in [-0.1, -0.05) is 6.08 Å². The van der Waals surface area contributed by atoms with E-state index in [1.54, 1.807) is 0 Å². The number of rotatable bonds is 3. The zero-order chi connectivity index (χ0) is 7.82. The van der Waals surface area contributed by atoms with Crippen molar-refractivity contribution in [3.8, 4) is 0 Å². The summed E-state index contributed by atoms with van der Waals surface area (Å²) in [7, 11) is 0. The normalized spacial score (nSPS) is 10.5. The molecule has 0 aromatic carbocycles. The van der Waals surface area contributed by atoms with E-state index in [9.17, 15) is 9.59 Å². The summed E-state index contributed by atoms with van der Waals surface area (Å²) < 4.78 is 4.40. The van der Waals surface area contributed by atoms with Crippen LogP contribution in [0.25, 0.3) is 0 Å². The molecular weight excluding hydrogens is 132 g/mol. The minimum atomic E-state index is -0.379. The van der Waals surface area contributed by atoms with Gasteiger partial charge in [-0.25, -0.2) is 0 Å². The van der Waals surface area contributed by atoms with Gasteiger partial charge in [0.1, 0.15) is 6.29 Å². The fraction of sp³-hybridized carbons (Fsp3) is 0.143. The van der Waals surface area contributed by atoms with E-state index >= 15 is 0 Å². The predicted octanol–water partition coefficient (Wildman–Crippen LogP) is 0.818. The van der Waals surface area contributed by atoms with Crippen molar-refractivity contribution in [2.45, 2.75) is 6.92 Å². The molecule has 0 unspecified atom stereocenters. The van der Waals surface area contributed by atoms with Gasteiger partial charge < -0.3 is 4.74 Å². The summed E-state index contributed by atoms with van der Waals surface area (Å²) in [5.41, 5.74) is 0. The first kappa shape index (κ1) is 8.62. The van der Waals surface area contributed by atoms with Crippen LogP contribution in [-0.4, -0.2) is 12.3 Å². The van der Waals surface area contributed by atoms with Gasteiger partial charge >= 0.3 is 5.97 Å². The zero-order valence-electron chi connectivity index (χ0n) is 5.61. The van der Waals surface area contributed by atoms with Gasteiger partial charge in [0.15, 0.2) is 0 Å². The number of esters is 1. The van der Waals surface area contributed by atoms with Crippen molar-refractivity contribution in [2.75, 3.05) is 0 Å². The van der Waals surface area contributed by atoms with Crippen molar-refractivity contribution in [1.29, 1.82) is 0 Å². The zero-order valence-corrected chi connectivity index (χ0v) is 5.61. The number of aldehydes is 1. The molecule has 10 heavy (non-hydrogen) atoms. The van der Waals surface area contributed by atoms with Crippen molar-refractivity contribution in [1.82, 2.24) is 0 Å². The Balaban J connectivity index is 3.46. The average molecular weight is 140 g/mol. The molecule has 0 aliphatic rings. The lowest BCUT2D eigenvalue weighted by molar-refractivity contribution is -0.135. The Morgan fingerprint density at radius 1 is 1.30 bits per heavy atom. The fourth-order valence-electron chi connectivity index (χ4n) is 0.290. The van der Waals surface area contributed by atoms with Gasteiger partial charge in [0, 0.05) is 6.92 Å². The van der Waals surface area contributed by atoms with E-state index < -0.39 is 0 Å². The molecule has 0 heterocycles. The summed E-state index contributed by atoms with van der Waals surface area (Å²) in [5, 5.41) is 0. The standard InChI is InChI=1S/C7H8O3/c1-7(9)10-6-4-2-3-5-8/h2-6H,1H3. The van der Waals surface area contributed by atoms with E-state index in [1.807, 2.05) is 0 Å². The summed E-state index contributed by atoms with van der Waals surface area (Å²) >= 11 is 0. The Hall–Kier alpha value is -1.38. The number of carbonyl (C=O) groups is 2. The van der Waals surface area contributed by atoms with Crippen LogP contribution < -0.4 is 0 Å². The third-order valence-corrected chi connectivity index (χ3v) is 0.613. The Kier molecular flexibility index (Phi) is 4.96. The summed E-state index contributed by atoms with van der Waals surface area (Å²) in [6.07, 6.45) is 6.06. The van der Waals surface area contributed by atoms with Crippen molar-refractivity contribution in [2.24, 2.45) is 0 Å². The second-order valence-corrected chi connectivity index (χ2v) is 1.46. The Labute approximate surface area is 59.0 Å². The lowest BCUT2D eigenvalue weighted by atomic mass is 10.5. The molecule has 3 nitrogen and oxygen atoms in total. The largest absolute Gasteiger partial charge is 0.435 e. The molecule has 0 spiro atoms. The fourth-order valence-corrected chi connectivity index (χ4v) is 0.290. The summed E-state index contributed by atoms with van der Waals surface area (Å²) in [6, 6.07) is 0. The summed E-state index contributed by atoms with van der Waals surface area (Å²) in [4.78, 5) is 19.8. The van der Waals surface area contributed by atoms with E-state index in [-0.39, 0.29) is 5.97 Å². The van der Waals surface area contributed by atoms with Crippen LogP contribution in [0.2, 0.25) is 0 Å². The van der Waals surface area contributed by atoms with Gasteiger partial charge in [-0.2, -0.15) is 0 Å². The monoisotopic (exact) mass is 140 g/mol. The Morgan fingerprint density at radius 2 is 2.00 bits per heavy atom. The number of allylic oxidation sites excluding steroid dienone is 3. The molecule has 0 fully saturated rings. The third-order valence-electron chi connectivity index (χ3n) is 0.613. The highest BCUT2D eigenvalue weighted by Gasteiger charge is 1.81. The van der Waals surface area contributed by atoms with Crippen LogP contribution in [0.4, 0.5) is 0 Å². The second-order valence-electron chi connectivity index (χ2n) is 1.46. The summed E-state index contributed by atoms with van der Waals surface area (Å²) in [6.45, 7) is 1.30. The number of carbonyl (C=O) groups excluding carboxylic acids is 2. The average Bonchev–Trinajstić information content (AvgIpc) is 1.87. The molecule has 0 saturated heterocycles. The Morgan fingerprint density at radius 3 is 2.50 bits per heavy atom. The van der Waals surface area contributed by atoms with Crippen LogP contribution in [0.15, 0.2) is 24.5 Å². The Bertz CT molecular complexity index is 168. The highest BCUT2D eigenvalue weighted by Crippen LogP contribution is 1.79. The quantitative estimate of drug-likeness (QED) is 0.191. The van der Waals surface area contributed by atoms with Crippen LogP contribution >= 0.6 is 0 Å². The molecule has 0 aliphatic carbocycles. The van der Waals surface area contributed by atoms with Gasteiger partial charge in [0.05, 0.1) is 6.26 Å². The molecule has 0 atom stereocenters. The van der Waals surface area contributed by atoms with Crippen LogP contribution in [0.3, 0.4) is 0 Å². The van der Waals surface area contributed by atoms with Crippen molar-refractivity contribution in [3.05, 3.63) is 24.5 Å². The first-order chi connectivity index (χ1) is 4.77. The molecule has 0 bridgehead atoms. The summed E-state index contributed by atoms with van der Waals surface area (Å²) in [5.74, 6) is -0.379. The molecule has 3 heteroatoms. The van der Waals surface area contributed by atoms with E-state index in [1.165, 1.54) is 31.4 Å². The maximum Gasteiger partial charge on any atom is 0.307 e. The van der Waals surface area contributed by atoms with Crippen LogP contribution in [-0.2, 0) is 14.3 Å². The number of hydrogen-bond donors (Lipinski definition) is 0. The molecule has 0 saturated carbocycles. The van der Waals surface area contributed by atoms with E-state index in [0.717, 1.165) is 0 Å². The second kappa shape index (κ2) is 5.75. The molecule has 0 amide bonds. The maximum absolute atomic E-state index is 10.1.